The van der Waals surface area contributed by atoms with Crippen LogP contribution in [0.5, 0.6) is 11.5 Å². The smallest absolute Gasteiger partial charge is 0.416 e. The summed E-state index contributed by atoms with van der Waals surface area (Å²) in [5.74, 6) is -1.43. The normalized spacial score (nSPS) is 11.6. The van der Waals surface area contributed by atoms with Crippen molar-refractivity contribution in [2.24, 2.45) is 0 Å². The summed E-state index contributed by atoms with van der Waals surface area (Å²) < 4.78 is 77.3. The van der Waals surface area contributed by atoms with Gasteiger partial charge in [-0.2, -0.15) is 13.2 Å². The summed E-state index contributed by atoms with van der Waals surface area (Å²) in [5.41, 5.74) is -1.59. The van der Waals surface area contributed by atoms with Crippen LogP contribution >= 0.6 is 11.6 Å². The number of halogens is 6. The SMILES string of the molecule is CCC(=O)Oc1cccc(C(F)(F)F)c1COc1cc(Cl)c(CC)cc1C(F)F. The molecular weight excluding hydrogens is 419 g/mol. The van der Waals surface area contributed by atoms with E-state index < -0.39 is 41.9 Å². The molecule has 0 amide bonds. The molecule has 0 saturated carbocycles. The van der Waals surface area contributed by atoms with E-state index in [1.54, 1.807) is 6.92 Å². The Morgan fingerprint density at radius 2 is 1.83 bits per heavy atom. The Hall–Kier alpha value is -2.35. The van der Waals surface area contributed by atoms with Gasteiger partial charge >= 0.3 is 12.1 Å². The Morgan fingerprint density at radius 1 is 1.14 bits per heavy atom. The molecule has 0 heterocycles. The van der Waals surface area contributed by atoms with Crippen LogP contribution in [0.25, 0.3) is 0 Å². The number of hydrogen-bond acceptors (Lipinski definition) is 3. The summed E-state index contributed by atoms with van der Waals surface area (Å²) >= 11 is 6.04. The summed E-state index contributed by atoms with van der Waals surface area (Å²) in [6.07, 6.45) is -7.34. The number of ether oxygens (including phenoxy) is 2. The molecule has 0 N–H and O–H groups in total. The first-order valence-electron chi connectivity index (χ1n) is 8.71. The van der Waals surface area contributed by atoms with E-state index in [1.165, 1.54) is 13.0 Å². The van der Waals surface area contributed by atoms with Crippen LogP contribution in [0.15, 0.2) is 30.3 Å². The molecule has 0 aliphatic heterocycles. The molecule has 9 heteroatoms. The van der Waals surface area contributed by atoms with E-state index in [1.807, 2.05) is 0 Å². The summed E-state index contributed by atoms with van der Waals surface area (Å²) in [4.78, 5) is 11.6. The summed E-state index contributed by atoms with van der Waals surface area (Å²) in [7, 11) is 0. The summed E-state index contributed by atoms with van der Waals surface area (Å²) in [5, 5.41) is 0.161. The van der Waals surface area contributed by atoms with Crippen LogP contribution in [-0.4, -0.2) is 5.97 Å². The maximum Gasteiger partial charge on any atom is 0.416 e. The predicted molar refractivity (Wildman–Crippen MR) is 97.5 cm³/mol. The van der Waals surface area contributed by atoms with Gasteiger partial charge in [-0.05, 0) is 36.2 Å². The van der Waals surface area contributed by atoms with Crippen molar-refractivity contribution in [1.29, 1.82) is 0 Å². The molecule has 0 bridgehead atoms. The van der Waals surface area contributed by atoms with Crippen LogP contribution in [0.1, 0.15) is 48.9 Å². The van der Waals surface area contributed by atoms with Crippen molar-refractivity contribution < 1.29 is 36.2 Å². The van der Waals surface area contributed by atoms with E-state index in [0.717, 1.165) is 24.3 Å². The fourth-order valence-electron chi connectivity index (χ4n) is 2.61. The zero-order valence-corrected chi connectivity index (χ0v) is 16.3. The quantitative estimate of drug-likeness (QED) is 0.273. The Labute approximate surface area is 169 Å². The fraction of sp³-hybridized carbons (Fsp3) is 0.350. The molecule has 158 valence electrons. The van der Waals surface area contributed by atoms with Crippen molar-refractivity contribution >= 4 is 17.6 Å². The number of hydrogen-bond donors (Lipinski definition) is 0. The Bertz CT molecular complexity index is 881. The van der Waals surface area contributed by atoms with Gasteiger partial charge in [-0.1, -0.05) is 31.5 Å². The van der Waals surface area contributed by atoms with Gasteiger partial charge in [-0.15, -0.1) is 0 Å². The lowest BCUT2D eigenvalue weighted by molar-refractivity contribution is -0.140. The highest BCUT2D eigenvalue weighted by atomic mass is 35.5. The highest BCUT2D eigenvalue weighted by Gasteiger charge is 2.35. The summed E-state index contributed by atoms with van der Waals surface area (Å²) in [6, 6.07) is 5.37. The standard InChI is InChI=1S/C20H18ClF5O3/c1-3-11-8-12(19(22)23)17(9-15(11)21)28-10-13-14(20(24,25)26)6-5-7-16(13)29-18(27)4-2/h5-9,19H,3-4,10H2,1-2H3. The zero-order valence-electron chi connectivity index (χ0n) is 15.6. The lowest BCUT2D eigenvalue weighted by Crippen LogP contribution is -2.15. The van der Waals surface area contributed by atoms with Crippen molar-refractivity contribution in [3.63, 3.8) is 0 Å². The topological polar surface area (TPSA) is 35.5 Å². The van der Waals surface area contributed by atoms with Crippen LogP contribution in [0.2, 0.25) is 5.02 Å². The van der Waals surface area contributed by atoms with E-state index in [0.29, 0.717) is 12.0 Å². The maximum absolute atomic E-state index is 13.4. The number of benzene rings is 2. The molecule has 0 spiro atoms. The van der Waals surface area contributed by atoms with Crippen LogP contribution in [0, 0.1) is 0 Å². The molecular formula is C20H18ClF5O3. The number of alkyl halides is 5. The number of carbonyl (C=O) groups is 1. The lowest BCUT2D eigenvalue weighted by Gasteiger charge is -2.19. The van der Waals surface area contributed by atoms with Gasteiger partial charge in [-0.25, -0.2) is 8.78 Å². The second-order valence-corrected chi connectivity index (χ2v) is 6.44. The predicted octanol–water partition coefficient (Wildman–Crippen LogP) is 6.75. The molecule has 0 saturated heterocycles. The third-order valence-corrected chi connectivity index (χ3v) is 4.47. The fourth-order valence-corrected chi connectivity index (χ4v) is 2.89. The minimum absolute atomic E-state index is 0.0554. The molecule has 2 aromatic rings. The Kier molecular flexibility index (Phi) is 7.46. The zero-order chi connectivity index (χ0) is 21.8. The van der Waals surface area contributed by atoms with Gasteiger partial charge in [0.05, 0.1) is 11.1 Å². The molecule has 0 fully saturated rings. The van der Waals surface area contributed by atoms with Gasteiger partial charge in [0.1, 0.15) is 18.1 Å². The molecule has 2 aromatic carbocycles. The molecule has 0 aromatic heterocycles. The van der Waals surface area contributed by atoms with Gasteiger partial charge in [-0.3, -0.25) is 4.79 Å². The van der Waals surface area contributed by atoms with Crippen molar-refractivity contribution in [3.8, 4) is 11.5 Å². The van der Waals surface area contributed by atoms with E-state index >= 15 is 0 Å². The summed E-state index contributed by atoms with van der Waals surface area (Å²) in [6.45, 7) is 2.47. The molecule has 29 heavy (non-hydrogen) atoms. The third kappa shape index (κ3) is 5.59. The van der Waals surface area contributed by atoms with Crippen LogP contribution in [-0.2, 0) is 24.0 Å². The van der Waals surface area contributed by atoms with E-state index in [2.05, 4.69) is 0 Å². The molecule has 3 nitrogen and oxygen atoms in total. The first kappa shape index (κ1) is 22.9. The Balaban J connectivity index is 2.46. The first-order valence-corrected chi connectivity index (χ1v) is 9.09. The van der Waals surface area contributed by atoms with E-state index in [9.17, 15) is 26.7 Å². The van der Waals surface area contributed by atoms with Gasteiger partial charge in [0.25, 0.3) is 6.43 Å². The van der Waals surface area contributed by atoms with Gasteiger partial charge in [0.2, 0.25) is 0 Å². The van der Waals surface area contributed by atoms with Crippen LogP contribution in [0.3, 0.4) is 0 Å². The lowest BCUT2D eigenvalue weighted by atomic mass is 10.1. The van der Waals surface area contributed by atoms with Gasteiger partial charge in [0.15, 0.2) is 0 Å². The third-order valence-electron chi connectivity index (χ3n) is 4.12. The van der Waals surface area contributed by atoms with Crippen LogP contribution < -0.4 is 9.47 Å². The molecule has 0 aliphatic rings. The van der Waals surface area contributed by atoms with Crippen molar-refractivity contribution in [2.45, 2.75) is 45.9 Å². The van der Waals surface area contributed by atoms with E-state index in [-0.39, 0.29) is 22.9 Å². The first-order chi connectivity index (χ1) is 13.6. The number of esters is 1. The average Bonchev–Trinajstić information content (AvgIpc) is 2.65. The van der Waals surface area contributed by atoms with Crippen molar-refractivity contribution in [2.75, 3.05) is 0 Å². The largest absolute Gasteiger partial charge is 0.488 e. The Morgan fingerprint density at radius 3 is 2.38 bits per heavy atom. The van der Waals surface area contributed by atoms with Crippen molar-refractivity contribution in [1.82, 2.24) is 0 Å². The molecule has 0 unspecified atom stereocenters. The van der Waals surface area contributed by atoms with Gasteiger partial charge in [0, 0.05) is 17.0 Å². The minimum Gasteiger partial charge on any atom is -0.488 e. The van der Waals surface area contributed by atoms with Crippen LogP contribution in [0.4, 0.5) is 22.0 Å². The highest BCUT2D eigenvalue weighted by Crippen LogP contribution is 2.39. The number of carbonyl (C=O) groups excluding carboxylic acids is 1. The maximum atomic E-state index is 13.4. The monoisotopic (exact) mass is 436 g/mol. The molecule has 2 rings (SSSR count). The minimum atomic E-state index is -4.76. The second-order valence-electron chi connectivity index (χ2n) is 6.03. The molecule has 0 atom stereocenters. The second kappa shape index (κ2) is 9.43. The number of rotatable bonds is 7. The van der Waals surface area contributed by atoms with Gasteiger partial charge < -0.3 is 9.47 Å². The van der Waals surface area contributed by atoms with Crippen molar-refractivity contribution in [3.05, 3.63) is 57.6 Å². The highest BCUT2D eigenvalue weighted by molar-refractivity contribution is 6.31. The molecule has 0 aliphatic carbocycles. The average molecular weight is 437 g/mol. The number of aryl methyl sites for hydroxylation is 1. The van der Waals surface area contributed by atoms with E-state index in [4.69, 9.17) is 21.1 Å². The molecule has 0 radical (unpaired) electrons.